The van der Waals surface area contributed by atoms with Crippen molar-refractivity contribution in [3.8, 4) is 6.07 Å². The second-order valence-corrected chi connectivity index (χ2v) is 10.4. The number of carbonyl (C=O) groups excluding carboxylic acids is 3. The number of likely N-dealkylation sites (tertiary alicyclic amines) is 1. The normalized spacial score (nSPS) is 17.1. The van der Waals surface area contributed by atoms with Crippen molar-refractivity contribution in [1.29, 1.82) is 5.26 Å². The number of nitriles is 1. The van der Waals surface area contributed by atoms with Crippen LogP contribution in [0.3, 0.4) is 0 Å². The fourth-order valence-corrected chi connectivity index (χ4v) is 3.35. The highest BCUT2D eigenvalue weighted by molar-refractivity contribution is 5.87. The Balaban J connectivity index is 0.000000671. The van der Waals surface area contributed by atoms with Crippen molar-refractivity contribution in [3.63, 3.8) is 0 Å². The van der Waals surface area contributed by atoms with E-state index in [1.54, 1.807) is 34.6 Å². The number of hydrogen-bond acceptors (Lipinski definition) is 5. The van der Waals surface area contributed by atoms with Crippen LogP contribution >= 0.6 is 0 Å². The van der Waals surface area contributed by atoms with Crippen LogP contribution in [0.5, 0.6) is 0 Å². The van der Waals surface area contributed by atoms with Crippen molar-refractivity contribution in [3.05, 3.63) is 49.1 Å². The van der Waals surface area contributed by atoms with Gasteiger partial charge >= 0.3 is 12.1 Å². The zero-order valence-corrected chi connectivity index (χ0v) is 24.2. The zero-order chi connectivity index (χ0) is 31.1. The molecule has 2 atom stereocenters. The lowest BCUT2D eigenvalue weighted by molar-refractivity contribution is -0.174. The Hall–Kier alpha value is -3.88. The third-order valence-electron chi connectivity index (χ3n) is 5.67. The van der Waals surface area contributed by atoms with Crippen molar-refractivity contribution < 1.29 is 27.6 Å². The molecule has 9 nitrogen and oxygen atoms in total. The van der Waals surface area contributed by atoms with Gasteiger partial charge in [0.05, 0.1) is 30.8 Å². The number of halogens is 3. The topological polar surface area (TPSA) is 120 Å². The van der Waals surface area contributed by atoms with E-state index in [2.05, 4.69) is 37.7 Å². The molecule has 40 heavy (non-hydrogen) atoms. The zero-order valence-electron chi connectivity index (χ0n) is 24.2. The molecule has 1 fully saturated rings. The minimum atomic E-state index is -4.95. The van der Waals surface area contributed by atoms with Crippen LogP contribution in [0, 0.1) is 28.6 Å². The van der Waals surface area contributed by atoms with Gasteiger partial charge in [-0.2, -0.15) is 18.4 Å². The highest BCUT2D eigenvalue weighted by Gasteiger charge is 2.41. The van der Waals surface area contributed by atoms with Crippen LogP contribution in [0.15, 0.2) is 43.4 Å². The molecule has 1 aromatic heterocycles. The molecule has 0 saturated carbocycles. The quantitative estimate of drug-likeness (QED) is 0.351. The summed E-state index contributed by atoms with van der Waals surface area (Å²) in [6.45, 7) is 18.4. The van der Waals surface area contributed by atoms with Gasteiger partial charge in [0.2, 0.25) is 12.3 Å². The number of carbonyl (C=O) groups is 3. The summed E-state index contributed by atoms with van der Waals surface area (Å²) in [5, 5.41) is 13.0. The number of amides is 3. The van der Waals surface area contributed by atoms with Crippen molar-refractivity contribution in [2.24, 2.45) is 17.3 Å². The largest absolute Gasteiger partial charge is 0.471 e. The van der Waals surface area contributed by atoms with Gasteiger partial charge in [-0.3, -0.25) is 14.4 Å². The molecule has 1 aromatic rings. The Morgan fingerprint density at radius 2 is 1.93 bits per heavy atom. The van der Waals surface area contributed by atoms with Crippen molar-refractivity contribution in [2.75, 3.05) is 19.6 Å². The van der Waals surface area contributed by atoms with Gasteiger partial charge in [0.1, 0.15) is 0 Å². The van der Waals surface area contributed by atoms with Crippen LogP contribution in [-0.2, 0) is 14.4 Å². The van der Waals surface area contributed by atoms with Crippen LogP contribution in [0.1, 0.15) is 60.2 Å². The first kappa shape index (κ1) is 36.1. The van der Waals surface area contributed by atoms with E-state index in [9.17, 15) is 27.6 Å². The van der Waals surface area contributed by atoms with Crippen LogP contribution in [0.25, 0.3) is 5.70 Å². The average molecular weight is 567 g/mol. The fraction of sp³-hybridized carbons (Fsp3) is 0.536. The van der Waals surface area contributed by atoms with Crippen LogP contribution < -0.4 is 10.6 Å². The third kappa shape index (κ3) is 12.3. The van der Waals surface area contributed by atoms with E-state index in [1.165, 1.54) is 4.90 Å². The van der Waals surface area contributed by atoms with Gasteiger partial charge in [-0.15, -0.1) is 0 Å². The maximum Gasteiger partial charge on any atom is 0.471 e. The maximum absolute atomic E-state index is 11.9. The lowest BCUT2D eigenvalue weighted by Gasteiger charge is -2.22. The number of nitrogens with zero attached hydrogens (tertiary/aromatic N) is 4. The highest BCUT2D eigenvalue weighted by atomic mass is 19.4. The molecular formula is C28H41F3N6O3. The molecule has 1 aliphatic heterocycles. The molecular weight excluding hydrogens is 525 g/mol. The number of nitrogens with one attached hydrogen (secondary N) is 2. The van der Waals surface area contributed by atoms with Gasteiger partial charge < -0.3 is 20.1 Å². The summed E-state index contributed by atoms with van der Waals surface area (Å²) in [6, 6.07) is 1.27. The fourth-order valence-electron chi connectivity index (χ4n) is 3.35. The van der Waals surface area contributed by atoms with Gasteiger partial charge in [0.25, 0.3) is 0 Å². The van der Waals surface area contributed by atoms with Gasteiger partial charge in [0.15, 0.2) is 6.04 Å². The van der Waals surface area contributed by atoms with E-state index in [1.807, 2.05) is 45.9 Å². The summed E-state index contributed by atoms with van der Waals surface area (Å²) < 4.78 is 37.5. The molecule has 1 aliphatic rings. The van der Waals surface area contributed by atoms with Gasteiger partial charge in [-0.05, 0) is 36.3 Å². The lowest BCUT2D eigenvalue weighted by atomic mass is 9.84. The van der Waals surface area contributed by atoms with Gasteiger partial charge in [-0.25, -0.2) is 4.98 Å². The molecule has 2 N–H and O–H groups in total. The van der Waals surface area contributed by atoms with E-state index < -0.39 is 30.6 Å². The molecule has 1 saturated heterocycles. The smallest absolute Gasteiger partial charge is 0.340 e. The molecule has 0 radical (unpaired) electrons. The van der Waals surface area contributed by atoms with Crippen LogP contribution in [0.2, 0.25) is 0 Å². The van der Waals surface area contributed by atoms with E-state index in [-0.39, 0.29) is 11.3 Å². The van der Waals surface area contributed by atoms with Gasteiger partial charge in [0, 0.05) is 18.8 Å². The predicted octanol–water partition coefficient (Wildman–Crippen LogP) is 4.63. The van der Waals surface area contributed by atoms with Crippen molar-refractivity contribution >= 4 is 23.9 Å². The Morgan fingerprint density at radius 3 is 2.35 bits per heavy atom. The molecule has 222 valence electrons. The molecule has 0 aliphatic carbocycles. The summed E-state index contributed by atoms with van der Waals surface area (Å²) in [5.41, 5.74) is 1.35. The molecule has 3 amide bonds. The molecule has 12 heteroatoms. The second kappa shape index (κ2) is 16.9. The molecule has 0 bridgehead atoms. The Morgan fingerprint density at radius 1 is 1.32 bits per heavy atom. The number of rotatable bonds is 8. The van der Waals surface area contributed by atoms with E-state index in [0.29, 0.717) is 25.2 Å². The number of imidazole rings is 1. The standard InChI is InChI=1S/C13H14N4O.C11H17F3N2O2.C4H10/c1-3-5-11(6-4-2)17-9-15-8-13(17)12(7-14)16-10-18;1-7-5-16(6-10(7,2)3)8(17)4-15-9(18)11(12,13)14;1-4(2)3/h3-6,8-10,12H,1H2,2H3,(H,16,18);7H,4-6H2,1-3H3,(H,15,18);4H,1-3H3/b6-4-,11-5+;;/t;7-;/m.0./s1. The first-order chi connectivity index (χ1) is 18.5. The summed E-state index contributed by atoms with van der Waals surface area (Å²) in [7, 11) is 0. The van der Waals surface area contributed by atoms with E-state index in [0.717, 1.165) is 11.6 Å². The monoisotopic (exact) mass is 566 g/mol. The SMILES string of the molecule is C=C/C=C(\C=C/C)n1cncc1C(C#N)NC=O.CC(C)C.C[C@H]1CN(C(=O)CNC(=O)C(F)(F)F)CC1(C)C. The molecule has 0 aromatic carbocycles. The Bertz CT molecular complexity index is 1080. The summed E-state index contributed by atoms with van der Waals surface area (Å²) in [5.74, 6) is -1.45. The van der Waals surface area contributed by atoms with Gasteiger partial charge in [-0.1, -0.05) is 60.3 Å². The molecule has 1 unspecified atom stereocenters. The first-order valence-corrected chi connectivity index (χ1v) is 12.8. The average Bonchev–Trinajstić information content (AvgIpc) is 3.44. The van der Waals surface area contributed by atoms with Crippen molar-refractivity contribution in [2.45, 2.75) is 60.7 Å². The molecule has 0 spiro atoms. The van der Waals surface area contributed by atoms with E-state index in [4.69, 9.17) is 5.26 Å². The van der Waals surface area contributed by atoms with Crippen molar-refractivity contribution in [1.82, 2.24) is 25.1 Å². The lowest BCUT2D eigenvalue weighted by Crippen LogP contribution is -2.44. The number of alkyl halides is 3. The first-order valence-electron chi connectivity index (χ1n) is 12.8. The maximum atomic E-state index is 11.9. The highest BCUT2D eigenvalue weighted by Crippen LogP contribution is 2.34. The Kier molecular flexibility index (Phi) is 15.3. The Labute approximate surface area is 234 Å². The summed E-state index contributed by atoms with van der Waals surface area (Å²) in [4.78, 5) is 38.2. The number of hydrogen-bond donors (Lipinski definition) is 2. The summed E-state index contributed by atoms with van der Waals surface area (Å²) >= 11 is 0. The predicted molar refractivity (Wildman–Crippen MR) is 148 cm³/mol. The molecule has 2 rings (SSSR count). The van der Waals surface area contributed by atoms with E-state index >= 15 is 0 Å². The van der Waals surface area contributed by atoms with Crippen LogP contribution in [0.4, 0.5) is 13.2 Å². The summed E-state index contributed by atoms with van der Waals surface area (Å²) in [6.07, 6.45) is 5.85. The van der Waals surface area contributed by atoms with Crippen LogP contribution in [-0.4, -0.2) is 58.5 Å². The number of aromatic nitrogens is 2. The minimum Gasteiger partial charge on any atom is -0.340 e. The second-order valence-electron chi connectivity index (χ2n) is 10.4. The minimum absolute atomic E-state index is 0.0519. The number of allylic oxidation sites excluding steroid dienone is 5. The molecule has 2 heterocycles. The third-order valence-corrected chi connectivity index (χ3v) is 5.67.